The molecule has 27 heteroatoms. The molecule has 3 saturated heterocycles. The largest absolute Gasteiger partial charge is 0.463 e. The van der Waals surface area contributed by atoms with Crippen LogP contribution in [0.5, 0.6) is 0 Å². The fraction of sp³-hybridized carbons (Fsp3) is 0.750. The Bertz CT molecular complexity index is 1860. The summed E-state index contributed by atoms with van der Waals surface area (Å²) in [6.07, 6.45) is -24.2. The molecule has 0 amide bonds. The third kappa shape index (κ3) is 17.0. The van der Waals surface area contributed by atoms with Crippen LogP contribution in [0.1, 0.15) is 76.2 Å². The summed E-state index contributed by atoms with van der Waals surface area (Å²) in [4.78, 5) is 125. The highest BCUT2D eigenvalue weighted by atomic mass is 32.8. The summed E-state index contributed by atoms with van der Waals surface area (Å²) in [6, 6.07) is 0. The normalized spacial score (nSPS) is 31.8. The summed E-state index contributed by atoms with van der Waals surface area (Å²) in [6.45, 7) is 9.92. The molecule has 3 heterocycles. The summed E-state index contributed by atoms with van der Waals surface area (Å²) in [7, 11) is -1.12. The van der Waals surface area contributed by atoms with Gasteiger partial charge in [0.15, 0.2) is 55.3 Å². The van der Waals surface area contributed by atoms with Crippen molar-refractivity contribution in [3.8, 4) is 0 Å². The molecule has 0 radical (unpaired) electrons. The third-order valence-electron chi connectivity index (χ3n) is 9.37. The molecule has 0 aromatic rings. The monoisotopic (exact) mass is 1000 g/mol. The summed E-state index contributed by atoms with van der Waals surface area (Å²) in [5, 5.41) is 0. The van der Waals surface area contributed by atoms with Crippen molar-refractivity contribution in [2.45, 2.75) is 167 Å². The molecule has 3 rings (SSSR count). The van der Waals surface area contributed by atoms with Gasteiger partial charge >= 0.3 is 59.7 Å². The molecule has 0 bridgehead atoms. The van der Waals surface area contributed by atoms with Gasteiger partial charge in [-0.3, -0.25) is 47.9 Å². The molecular formula is C40H56O25S2. The van der Waals surface area contributed by atoms with Crippen molar-refractivity contribution >= 4 is 80.3 Å². The zero-order valence-electron chi connectivity index (χ0n) is 38.5. The van der Waals surface area contributed by atoms with Crippen LogP contribution in [0, 0.1) is 0 Å². The predicted octanol–water partition coefficient (Wildman–Crippen LogP) is -0.757. The van der Waals surface area contributed by atoms with Crippen LogP contribution in [-0.2, 0) is 140 Å². The van der Waals surface area contributed by atoms with Gasteiger partial charge < -0.3 is 71.1 Å². The second-order valence-corrected chi connectivity index (χ2v) is 18.0. The van der Waals surface area contributed by atoms with Gasteiger partial charge in [0.05, 0.1) is 0 Å². The van der Waals surface area contributed by atoms with Gasteiger partial charge in [0.25, 0.3) is 0 Å². The van der Waals surface area contributed by atoms with Gasteiger partial charge in [-0.05, 0) is 16.9 Å². The zero-order chi connectivity index (χ0) is 50.4. The van der Waals surface area contributed by atoms with Crippen molar-refractivity contribution in [3.05, 3.63) is 0 Å². The molecule has 0 aliphatic carbocycles. The molecule has 0 aromatic carbocycles. The lowest BCUT2D eigenvalue weighted by Crippen LogP contribution is -2.69. The van der Waals surface area contributed by atoms with Gasteiger partial charge in [0.2, 0.25) is 0 Å². The molecule has 0 saturated carbocycles. The molecule has 0 N–H and O–H groups in total. The van der Waals surface area contributed by atoms with E-state index in [9.17, 15) is 47.9 Å². The lowest BCUT2D eigenvalue weighted by Gasteiger charge is -2.50. The molecule has 3 fully saturated rings. The molecule has 0 aromatic heterocycles. The van der Waals surface area contributed by atoms with Gasteiger partial charge in [-0.2, -0.15) is 0 Å². The molecule has 3 aliphatic rings. The second kappa shape index (κ2) is 26.0. The molecule has 25 nitrogen and oxygen atoms in total. The van der Waals surface area contributed by atoms with E-state index in [-0.39, 0.29) is 0 Å². The molecular weight excluding hydrogens is 945 g/mol. The number of esters is 10. The van der Waals surface area contributed by atoms with Crippen molar-refractivity contribution in [2.75, 3.05) is 25.6 Å². The SMILES string of the molecule is CCS(=S)C1OC(COC(C)=O)C(OC2OC(COC(C)=O)C(OC3OC(COC(C)=O)C(OC(C)=O)C(OC(C)=O)C3OC(C)=O)C(OC(C)=O)C2OC(C)=O)C(OC(C)=O)C1OC(C)=O. The van der Waals surface area contributed by atoms with Crippen LogP contribution in [-0.4, -0.2) is 177 Å². The van der Waals surface area contributed by atoms with Crippen molar-refractivity contribution in [1.29, 1.82) is 0 Å². The number of carbonyl (C=O) groups excluding carboxylic acids is 10. The first-order chi connectivity index (χ1) is 31.3. The van der Waals surface area contributed by atoms with E-state index in [1.165, 1.54) is 0 Å². The smallest absolute Gasteiger partial charge is 0.303 e. The topological polar surface area (TPSA) is 309 Å². The first-order valence-electron chi connectivity index (χ1n) is 20.6. The van der Waals surface area contributed by atoms with E-state index in [1.807, 2.05) is 0 Å². The van der Waals surface area contributed by atoms with E-state index in [0.717, 1.165) is 69.2 Å². The van der Waals surface area contributed by atoms with E-state index in [2.05, 4.69) is 0 Å². The summed E-state index contributed by atoms with van der Waals surface area (Å²) >= 11 is 5.66. The Morgan fingerprint density at radius 3 is 0.970 bits per heavy atom. The predicted molar refractivity (Wildman–Crippen MR) is 220 cm³/mol. The van der Waals surface area contributed by atoms with Crippen molar-refractivity contribution in [3.63, 3.8) is 0 Å². The van der Waals surface area contributed by atoms with Gasteiger partial charge in [0.1, 0.15) is 55.8 Å². The summed E-state index contributed by atoms with van der Waals surface area (Å²) in [5.41, 5.74) is -1.14. The molecule has 67 heavy (non-hydrogen) atoms. The minimum absolute atomic E-state index is 0.305. The van der Waals surface area contributed by atoms with E-state index in [1.54, 1.807) is 6.92 Å². The highest BCUT2D eigenvalue weighted by molar-refractivity contribution is 8.29. The minimum atomic E-state index is -1.97. The van der Waals surface area contributed by atoms with E-state index >= 15 is 0 Å². The number of carbonyl (C=O) groups is 10. The summed E-state index contributed by atoms with van der Waals surface area (Å²) < 4.78 is 86.6. The van der Waals surface area contributed by atoms with Gasteiger partial charge in [-0.1, -0.05) is 16.4 Å². The third-order valence-corrected chi connectivity index (χ3v) is 12.1. The molecule has 3 aliphatic heterocycles. The van der Waals surface area contributed by atoms with Crippen molar-refractivity contribution in [2.24, 2.45) is 0 Å². The maximum Gasteiger partial charge on any atom is 0.303 e. The highest BCUT2D eigenvalue weighted by Crippen LogP contribution is 2.38. The van der Waals surface area contributed by atoms with Crippen LogP contribution >= 0.6 is 0 Å². The molecule has 16 unspecified atom stereocenters. The van der Waals surface area contributed by atoms with Gasteiger partial charge in [0, 0.05) is 69.2 Å². The highest BCUT2D eigenvalue weighted by Gasteiger charge is 2.60. The fourth-order valence-corrected chi connectivity index (χ4v) is 8.70. The van der Waals surface area contributed by atoms with Gasteiger partial charge in [-0.25, -0.2) is 0 Å². The Morgan fingerprint density at radius 2 is 0.642 bits per heavy atom. The van der Waals surface area contributed by atoms with E-state index < -0.39 is 180 Å². The number of hydrogen-bond donors (Lipinski definition) is 0. The van der Waals surface area contributed by atoms with Crippen LogP contribution in [0.2, 0.25) is 0 Å². The Balaban J connectivity index is 2.31. The van der Waals surface area contributed by atoms with Crippen LogP contribution < -0.4 is 0 Å². The lowest BCUT2D eigenvalue weighted by atomic mass is 9.95. The van der Waals surface area contributed by atoms with Gasteiger partial charge in [-0.15, -0.1) is 0 Å². The number of ether oxygens (including phenoxy) is 15. The van der Waals surface area contributed by atoms with E-state index in [4.69, 9.17) is 82.2 Å². The maximum absolute atomic E-state index is 13.0. The van der Waals surface area contributed by atoms with Crippen molar-refractivity contribution < 1.29 is 119 Å². The first kappa shape index (κ1) is 56.4. The van der Waals surface area contributed by atoms with Crippen LogP contribution in [0.4, 0.5) is 0 Å². The quantitative estimate of drug-likeness (QED) is 0.113. The zero-order valence-corrected chi connectivity index (χ0v) is 40.1. The average molecular weight is 1000 g/mol. The van der Waals surface area contributed by atoms with Crippen LogP contribution in [0.15, 0.2) is 0 Å². The standard InChI is InChI=1S/C40H56O25S2/c1-12-67(66)40-37(60-25(11)50)34(57-22(8)47)31(28(63-40)15-53-18(4)43)65-39-36(59-24(10)49)33(56-21(7)46)30(27(62-39)14-52-17(3)42)64-38-35(58-23(9)48)32(55-20(6)45)29(54-19(5)44)26(61-38)13-51-16(2)41/h26-40H,12-15H2,1-11H3. The average Bonchev–Trinajstić information content (AvgIpc) is 3.19. The molecule has 0 spiro atoms. The fourth-order valence-electron chi connectivity index (χ4n) is 7.13. The lowest BCUT2D eigenvalue weighted by molar-refractivity contribution is -0.372. The Kier molecular flexibility index (Phi) is 21.9. The molecule has 378 valence electrons. The Labute approximate surface area is 391 Å². The summed E-state index contributed by atoms with van der Waals surface area (Å²) in [5.74, 6) is -8.89. The minimum Gasteiger partial charge on any atom is -0.463 e. The number of rotatable bonds is 19. The second-order valence-electron chi connectivity index (χ2n) is 14.9. The Morgan fingerprint density at radius 1 is 0.373 bits per heavy atom. The molecule has 16 atom stereocenters. The van der Waals surface area contributed by atoms with Crippen molar-refractivity contribution in [1.82, 2.24) is 0 Å². The number of hydrogen-bond acceptors (Lipinski definition) is 26. The van der Waals surface area contributed by atoms with E-state index in [0.29, 0.717) is 5.75 Å². The maximum atomic E-state index is 13.0. The van der Waals surface area contributed by atoms with Crippen LogP contribution in [0.3, 0.4) is 0 Å². The Hall–Kier alpha value is -4.93. The van der Waals surface area contributed by atoms with Crippen LogP contribution in [0.25, 0.3) is 0 Å². The first-order valence-corrected chi connectivity index (χ1v) is 23.0.